The number of hydrogen-bond donors (Lipinski definition) is 1. The fraction of sp³-hybridized carbons (Fsp3) is 0.294. The minimum atomic E-state index is -0.188. The van der Waals surface area contributed by atoms with E-state index in [2.05, 4.69) is 24.4 Å². The lowest BCUT2D eigenvalue weighted by Gasteiger charge is -2.14. The summed E-state index contributed by atoms with van der Waals surface area (Å²) in [5.74, 6) is 0.682. The third-order valence-corrected chi connectivity index (χ3v) is 3.24. The van der Waals surface area contributed by atoms with Crippen molar-refractivity contribution in [3.05, 3.63) is 65.5 Å². The number of benzene rings is 2. The van der Waals surface area contributed by atoms with Crippen molar-refractivity contribution >= 4 is 0 Å². The molecule has 1 atom stereocenters. The van der Waals surface area contributed by atoms with Crippen molar-refractivity contribution < 1.29 is 9.13 Å². The quantitative estimate of drug-likeness (QED) is 0.869. The summed E-state index contributed by atoms with van der Waals surface area (Å²) >= 11 is 0. The first-order valence-corrected chi connectivity index (χ1v) is 6.78. The van der Waals surface area contributed by atoms with E-state index in [0.717, 1.165) is 17.7 Å². The fourth-order valence-electron chi connectivity index (χ4n) is 2.13. The van der Waals surface area contributed by atoms with E-state index >= 15 is 0 Å². The minimum absolute atomic E-state index is 0.188. The number of hydrogen-bond acceptors (Lipinski definition) is 2. The van der Waals surface area contributed by atoms with Gasteiger partial charge in [0.1, 0.15) is 11.6 Å². The molecule has 0 spiro atoms. The zero-order valence-electron chi connectivity index (χ0n) is 11.9. The van der Waals surface area contributed by atoms with Gasteiger partial charge in [-0.15, -0.1) is 0 Å². The van der Waals surface area contributed by atoms with Crippen LogP contribution in [0.5, 0.6) is 5.75 Å². The molecule has 3 heteroatoms. The molecule has 106 valence electrons. The zero-order valence-corrected chi connectivity index (χ0v) is 11.9. The van der Waals surface area contributed by atoms with Gasteiger partial charge in [0.2, 0.25) is 0 Å². The summed E-state index contributed by atoms with van der Waals surface area (Å²) in [5, 5.41) is 3.41. The van der Waals surface area contributed by atoms with Crippen LogP contribution in [0.2, 0.25) is 0 Å². The van der Waals surface area contributed by atoms with Crippen LogP contribution in [0.3, 0.4) is 0 Å². The Morgan fingerprint density at radius 1 is 1.10 bits per heavy atom. The Kier molecular flexibility index (Phi) is 5.13. The van der Waals surface area contributed by atoms with Gasteiger partial charge in [-0.3, -0.25) is 0 Å². The number of rotatable bonds is 6. The summed E-state index contributed by atoms with van der Waals surface area (Å²) in [6.45, 7) is 2.80. The molecule has 2 nitrogen and oxygen atoms in total. The predicted molar refractivity (Wildman–Crippen MR) is 79.4 cm³/mol. The summed E-state index contributed by atoms with van der Waals surface area (Å²) in [6.07, 6.45) is 0.930. The van der Waals surface area contributed by atoms with E-state index in [9.17, 15) is 4.39 Å². The van der Waals surface area contributed by atoms with Gasteiger partial charge in [0.15, 0.2) is 0 Å². The van der Waals surface area contributed by atoms with Gasteiger partial charge in [0, 0.05) is 12.6 Å². The SMILES string of the molecule is COc1ccc(CC(C)NCc2cccc(F)c2)cc1. The van der Waals surface area contributed by atoms with E-state index in [4.69, 9.17) is 4.74 Å². The summed E-state index contributed by atoms with van der Waals surface area (Å²) in [7, 11) is 1.66. The maximum atomic E-state index is 13.1. The average molecular weight is 273 g/mol. The van der Waals surface area contributed by atoms with Gasteiger partial charge in [0.25, 0.3) is 0 Å². The molecule has 0 aliphatic heterocycles. The normalized spacial score (nSPS) is 12.2. The molecule has 2 aromatic rings. The van der Waals surface area contributed by atoms with Gasteiger partial charge in [0.05, 0.1) is 7.11 Å². The number of nitrogens with one attached hydrogen (secondary N) is 1. The Bertz CT molecular complexity index is 539. The van der Waals surface area contributed by atoms with E-state index in [1.165, 1.54) is 11.6 Å². The van der Waals surface area contributed by atoms with E-state index < -0.39 is 0 Å². The third-order valence-electron chi connectivity index (χ3n) is 3.24. The van der Waals surface area contributed by atoms with E-state index in [1.807, 2.05) is 18.2 Å². The lowest BCUT2D eigenvalue weighted by Crippen LogP contribution is -2.27. The van der Waals surface area contributed by atoms with Crippen LogP contribution in [-0.2, 0) is 13.0 Å². The lowest BCUT2D eigenvalue weighted by molar-refractivity contribution is 0.414. The van der Waals surface area contributed by atoms with Gasteiger partial charge in [-0.05, 0) is 48.7 Å². The highest BCUT2D eigenvalue weighted by molar-refractivity contribution is 5.27. The Labute approximate surface area is 119 Å². The maximum Gasteiger partial charge on any atom is 0.123 e. The topological polar surface area (TPSA) is 21.3 Å². The Morgan fingerprint density at radius 3 is 2.50 bits per heavy atom. The first-order chi connectivity index (χ1) is 9.67. The van der Waals surface area contributed by atoms with Gasteiger partial charge in [-0.1, -0.05) is 24.3 Å². The highest BCUT2D eigenvalue weighted by Gasteiger charge is 2.04. The molecule has 0 radical (unpaired) electrons. The Hall–Kier alpha value is -1.87. The van der Waals surface area contributed by atoms with Gasteiger partial charge in [-0.2, -0.15) is 0 Å². The summed E-state index contributed by atoms with van der Waals surface area (Å²) in [4.78, 5) is 0. The van der Waals surface area contributed by atoms with Crippen LogP contribution in [-0.4, -0.2) is 13.2 Å². The second-order valence-electron chi connectivity index (χ2n) is 4.96. The largest absolute Gasteiger partial charge is 0.497 e. The second kappa shape index (κ2) is 7.06. The van der Waals surface area contributed by atoms with Crippen LogP contribution in [0.15, 0.2) is 48.5 Å². The first kappa shape index (κ1) is 14.5. The highest BCUT2D eigenvalue weighted by Crippen LogP contribution is 2.13. The minimum Gasteiger partial charge on any atom is -0.497 e. The maximum absolute atomic E-state index is 13.1. The standard InChI is InChI=1S/C17H20FNO/c1-13(10-14-6-8-17(20-2)9-7-14)19-12-15-4-3-5-16(18)11-15/h3-9,11,13,19H,10,12H2,1-2H3. The second-order valence-corrected chi connectivity index (χ2v) is 4.96. The smallest absolute Gasteiger partial charge is 0.123 e. The van der Waals surface area contributed by atoms with E-state index in [-0.39, 0.29) is 5.82 Å². The first-order valence-electron chi connectivity index (χ1n) is 6.78. The average Bonchev–Trinajstić information content (AvgIpc) is 2.46. The van der Waals surface area contributed by atoms with E-state index in [0.29, 0.717) is 12.6 Å². The van der Waals surface area contributed by atoms with Crippen molar-refractivity contribution in [1.82, 2.24) is 5.32 Å². The molecule has 1 N–H and O–H groups in total. The van der Waals surface area contributed by atoms with Crippen LogP contribution in [0.4, 0.5) is 4.39 Å². The molecule has 0 saturated heterocycles. The molecule has 1 unspecified atom stereocenters. The monoisotopic (exact) mass is 273 g/mol. The zero-order chi connectivity index (χ0) is 14.4. The third kappa shape index (κ3) is 4.35. The van der Waals surface area contributed by atoms with Crippen molar-refractivity contribution in [1.29, 1.82) is 0 Å². The van der Waals surface area contributed by atoms with Crippen molar-refractivity contribution in [3.8, 4) is 5.75 Å². The van der Waals surface area contributed by atoms with Crippen molar-refractivity contribution in [2.24, 2.45) is 0 Å². The molecule has 0 fully saturated rings. The molecule has 2 aromatic carbocycles. The Morgan fingerprint density at radius 2 is 1.85 bits per heavy atom. The van der Waals surface area contributed by atoms with E-state index in [1.54, 1.807) is 19.2 Å². The van der Waals surface area contributed by atoms with Gasteiger partial charge >= 0.3 is 0 Å². The molecule has 0 aromatic heterocycles. The van der Waals surface area contributed by atoms with Crippen molar-refractivity contribution in [2.45, 2.75) is 25.9 Å². The lowest BCUT2D eigenvalue weighted by atomic mass is 10.1. The van der Waals surface area contributed by atoms with Crippen LogP contribution >= 0.6 is 0 Å². The van der Waals surface area contributed by atoms with Crippen molar-refractivity contribution in [3.63, 3.8) is 0 Å². The van der Waals surface area contributed by atoms with Crippen LogP contribution in [0.25, 0.3) is 0 Å². The highest BCUT2D eigenvalue weighted by atomic mass is 19.1. The molecule has 0 saturated carbocycles. The molecule has 20 heavy (non-hydrogen) atoms. The molecule has 0 heterocycles. The number of methoxy groups -OCH3 is 1. The Balaban J connectivity index is 1.84. The van der Waals surface area contributed by atoms with Crippen LogP contribution in [0, 0.1) is 5.82 Å². The predicted octanol–water partition coefficient (Wildman–Crippen LogP) is 3.56. The molecule has 0 aliphatic carbocycles. The van der Waals surface area contributed by atoms with Crippen LogP contribution in [0.1, 0.15) is 18.1 Å². The summed E-state index contributed by atoms with van der Waals surface area (Å²) in [5.41, 5.74) is 2.22. The molecule has 0 aliphatic rings. The molecular formula is C17H20FNO. The van der Waals surface area contributed by atoms with Crippen LogP contribution < -0.4 is 10.1 Å². The van der Waals surface area contributed by atoms with Crippen molar-refractivity contribution in [2.75, 3.05) is 7.11 Å². The molecule has 2 rings (SSSR count). The fourth-order valence-corrected chi connectivity index (χ4v) is 2.13. The molecule has 0 amide bonds. The van der Waals surface area contributed by atoms with Gasteiger partial charge < -0.3 is 10.1 Å². The molecule has 0 bridgehead atoms. The number of ether oxygens (including phenoxy) is 1. The number of halogens is 1. The van der Waals surface area contributed by atoms with Gasteiger partial charge in [-0.25, -0.2) is 4.39 Å². The summed E-state index contributed by atoms with van der Waals surface area (Å²) < 4.78 is 18.2. The summed E-state index contributed by atoms with van der Waals surface area (Å²) in [6, 6.07) is 15.1. The molecular weight excluding hydrogens is 253 g/mol.